The van der Waals surface area contributed by atoms with Crippen molar-refractivity contribution >= 4 is 33.0 Å². The van der Waals surface area contributed by atoms with Crippen molar-refractivity contribution in [2.45, 2.75) is 33.1 Å². The van der Waals surface area contributed by atoms with E-state index in [-0.39, 0.29) is 5.78 Å². The Balaban J connectivity index is 1.90. The summed E-state index contributed by atoms with van der Waals surface area (Å²) in [6.45, 7) is 7.34. The van der Waals surface area contributed by atoms with Crippen LogP contribution in [0.25, 0.3) is 0 Å². The van der Waals surface area contributed by atoms with Crippen molar-refractivity contribution in [1.29, 1.82) is 0 Å². The van der Waals surface area contributed by atoms with Crippen LogP contribution in [-0.2, 0) is 0 Å². The van der Waals surface area contributed by atoms with E-state index in [2.05, 4.69) is 34.7 Å². The first-order valence-electron chi connectivity index (χ1n) is 7.06. The van der Waals surface area contributed by atoms with Crippen molar-refractivity contribution < 1.29 is 4.79 Å². The van der Waals surface area contributed by atoms with E-state index in [0.717, 1.165) is 34.3 Å². The smallest absolute Gasteiger partial charge is 0.187 e. The van der Waals surface area contributed by atoms with Crippen LogP contribution >= 0.6 is 27.3 Å². The second-order valence-corrected chi connectivity index (χ2v) is 7.50. The fraction of sp³-hybridized carbons (Fsp3) is 0.667. The van der Waals surface area contributed by atoms with E-state index < -0.39 is 0 Å². The van der Waals surface area contributed by atoms with Gasteiger partial charge in [-0.25, -0.2) is 0 Å². The zero-order valence-corrected chi connectivity index (χ0v) is 14.1. The molecule has 2 nitrogen and oxygen atoms in total. The van der Waals surface area contributed by atoms with Gasteiger partial charge in [-0.05, 0) is 71.6 Å². The molecule has 2 rings (SSSR count). The van der Waals surface area contributed by atoms with Gasteiger partial charge < -0.3 is 0 Å². The Morgan fingerprint density at radius 3 is 2.89 bits per heavy atom. The SMILES string of the molecule is CC(C)C1CCCN(CC(=O)c2sccc2Br)CC1. The van der Waals surface area contributed by atoms with Gasteiger partial charge in [0.2, 0.25) is 0 Å². The van der Waals surface area contributed by atoms with Crippen molar-refractivity contribution in [2.24, 2.45) is 11.8 Å². The molecule has 106 valence electrons. The Bertz CT molecular complexity index is 430. The third-order valence-corrected chi connectivity index (χ3v) is 5.92. The molecule has 0 saturated carbocycles. The first-order chi connectivity index (χ1) is 9.08. The van der Waals surface area contributed by atoms with E-state index in [0.29, 0.717) is 6.54 Å². The highest BCUT2D eigenvalue weighted by Gasteiger charge is 2.22. The predicted octanol–water partition coefficient (Wildman–Crippen LogP) is 4.45. The Morgan fingerprint density at radius 2 is 2.26 bits per heavy atom. The molecule has 0 N–H and O–H groups in total. The number of thiophene rings is 1. The normalized spacial score (nSPS) is 21.6. The van der Waals surface area contributed by atoms with Crippen LogP contribution in [0.3, 0.4) is 0 Å². The second kappa shape index (κ2) is 7.00. The van der Waals surface area contributed by atoms with Crippen LogP contribution in [0.1, 0.15) is 42.8 Å². The first kappa shape index (κ1) is 15.2. The summed E-state index contributed by atoms with van der Waals surface area (Å²) < 4.78 is 0.942. The fourth-order valence-electron chi connectivity index (χ4n) is 2.77. The minimum Gasteiger partial charge on any atom is -0.296 e. The summed E-state index contributed by atoms with van der Waals surface area (Å²) in [7, 11) is 0. The molecular formula is C15H22BrNOS. The molecule has 1 atom stereocenters. The Hall–Kier alpha value is -0.190. The van der Waals surface area contributed by atoms with Crippen molar-refractivity contribution in [3.8, 4) is 0 Å². The fourth-order valence-corrected chi connectivity index (χ4v) is 4.30. The number of carbonyl (C=O) groups excluding carboxylic acids is 1. The maximum absolute atomic E-state index is 12.3. The lowest BCUT2D eigenvalue weighted by molar-refractivity contribution is 0.0935. The van der Waals surface area contributed by atoms with Crippen LogP contribution in [0, 0.1) is 11.8 Å². The lowest BCUT2D eigenvalue weighted by atomic mass is 9.89. The second-order valence-electron chi connectivity index (χ2n) is 5.73. The van der Waals surface area contributed by atoms with Gasteiger partial charge in [0.25, 0.3) is 0 Å². The van der Waals surface area contributed by atoms with E-state index in [9.17, 15) is 4.79 Å². The van der Waals surface area contributed by atoms with E-state index >= 15 is 0 Å². The van der Waals surface area contributed by atoms with E-state index in [1.54, 1.807) is 0 Å². The average molecular weight is 344 g/mol. The maximum atomic E-state index is 12.3. The van der Waals surface area contributed by atoms with Crippen molar-refractivity contribution in [3.05, 3.63) is 20.8 Å². The Labute approximate surface area is 128 Å². The number of Topliss-reactive ketones (excluding diaryl/α,β-unsaturated/α-hetero) is 1. The van der Waals surface area contributed by atoms with Gasteiger partial charge in [-0.1, -0.05) is 13.8 Å². The van der Waals surface area contributed by atoms with Gasteiger partial charge in [-0.15, -0.1) is 11.3 Å². The lowest BCUT2D eigenvalue weighted by Gasteiger charge is -2.20. The van der Waals surface area contributed by atoms with Gasteiger partial charge in [-0.3, -0.25) is 9.69 Å². The van der Waals surface area contributed by atoms with E-state index in [1.807, 2.05) is 11.4 Å². The van der Waals surface area contributed by atoms with Crippen LogP contribution in [0.2, 0.25) is 0 Å². The van der Waals surface area contributed by atoms with Gasteiger partial charge in [-0.2, -0.15) is 0 Å². The molecule has 0 aliphatic carbocycles. The molecule has 0 bridgehead atoms. The summed E-state index contributed by atoms with van der Waals surface area (Å²) in [6, 6.07) is 1.95. The molecule has 1 aliphatic rings. The summed E-state index contributed by atoms with van der Waals surface area (Å²) in [5, 5.41) is 1.97. The van der Waals surface area contributed by atoms with Gasteiger partial charge in [0.15, 0.2) is 5.78 Å². The molecule has 0 spiro atoms. The van der Waals surface area contributed by atoms with Gasteiger partial charge in [0.1, 0.15) is 0 Å². The van der Waals surface area contributed by atoms with Crippen molar-refractivity contribution in [1.82, 2.24) is 4.90 Å². The van der Waals surface area contributed by atoms with Crippen molar-refractivity contribution in [2.75, 3.05) is 19.6 Å². The summed E-state index contributed by atoms with van der Waals surface area (Å²) >= 11 is 4.98. The number of halogens is 1. The number of ketones is 1. The highest BCUT2D eigenvalue weighted by molar-refractivity contribution is 9.10. The van der Waals surface area contributed by atoms with Crippen LogP contribution in [0.15, 0.2) is 15.9 Å². The minimum atomic E-state index is 0.255. The number of nitrogens with zero attached hydrogens (tertiary/aromatic N) is 1. The molecule has 19 heavy (non-hydrogen) atoms. The standard InChI is InChI=1S/C15H22BrNOS/c1-11(2)12-4-3-7-17(8-5-12)10-14(18)15-13(16)6-9-19-15/h6,9,11-12H,3-5,7-8,10H2,1-2H3. The molecule has 1 aromatic rings. The van der Waals surface area contributed by atoms with Crippen LogP contribution in [0.5, 0.6) is 0 Å². The number of carbonyl (C=O) groups is 1. The highest BCUT2D eigenvalue weighted by Crippen LogP contribution is 2.26. The third-order valence-electron chi connectivity index (χ3n) is 4.05. The van der Waals surface area contributed by atoms with Crippen LogP contribution in [0.4, 0.5) is 0 Å². The van der Waals surface area contributed by atoms with Crippen molar-refractivity contribution in [3.63, 3.8) is 0 Å². The first-order valence-corrected chi connectivity index (χ1v) is 8.73. The zero-order valence-electron chi connectivity index (χ0n) is 11.7. The molecule has 1 aromatic heterocycles. The van der Waals surface area contributed by atoms with E-state index in [1.165, 1.54) is 30.6 Å². The Morgan fingerprint density at radius 1 is 1.47 bits per heavy atom. The molecule has 2 heterocycles. The van der Waals surface area contributed by atoms with Gasteiger partial charge in [0.05, 0.1) is 11.4 Å². The topological polar surface area (TPSA) is 20.3 Å². The summed E-state index contributed by atoms with van der Waals surface area (Å²) in [5.74, 6) is 1.85. The summed E-state index contributed by atoms with van der Waals surface area (Å²) in [5.41, 5.74) is 0. The van der Waals surface area contributed by atoms with E-state index in [4.69, 9.17) is 0 Å². The largest absolute Gasteiger partial charge is 0.296 e. The number of rotatable bonds is 4. The molecule has 0 radical (unpaired) electrons. The maximum Gasteiger partial charge on any atom is 0.187 e. The number of likely N-dealkylation sites (tertiary alicyclic amines) is 1. The molecular weight excluding hydrogens is 322 g/mol. The summed E-state index contributed by atoms with van der Waals surface area (Å²) in [6.07, 6.45) is 3.77. The molecule has 1 saturated heterocycles. The Kier molecular flexibility index (Phi) is 5.60. The number of hydrogen-bond acceptors (Lipinski definition) is 3. The monoisotopic (exact) mass is 343 g/mol. The summed E-state index contributed by atoms with van der Waals surface area (Å²) in [4.78, 5) is 15.5. The van der Waals surface area contributed by atoms with Gasteiger partial charge >= 0.3 is 0 Å². The lowest BCUT2D eigenvalue weighted by Crippen LogP contribution is -2.31. The molecule has 1 unspecified atom stereocenters. The minimum absolute atomic E-state index is 0.255. The quantitative estimate of drug-likeness (QED) is 0.752. The molecule has 0 aromatic carbocycles. The molecule has 1 aliphatic heterocycles. The molecule has 4 heteroatoms. The zero-order chi connectivity index (χ0) is 13.8. The van der Waals surface area contributed by atoms with Crippen LogP contribution < -0.4 is 0 Å². The molecule has 1 fully saturated rings. The van der Waals surface area contributed by atoms with Crippen LogP contribution in [-0.4, -0.2) is 30.3 Å². The van der Waals surface area contributed by atoms with Gasteiger partial charge in [0, 0.05) is 4.47 Å². The third kappa shape index (κ3) is 4.14. The highest BCUT2D eigenvalue weighted by atomic mass is 79.9. The predicted molar refractivity (Wildman–Crippen MR) is 85.0 cm³/mol. The number of hydrogen-bond donors (Lipinski definition) is 0. The average Bonchev–Trinajstić information content (AvgIpc) is 2.65. The molecule has 0 amide bonds.